The summed E-state index contributed by atoms with van der Waals surface area (Å²) >= 11 is 9.22. The Balaban J connectivity index is 2.34. The monoisotopic (exact) mass is 297 g/mol. The van der Waals surface area contributed by atoms with Crippen molar-refractivity contribution in [1.29, 1.82) is 0 Å². The van der Waals surface area contributed by atoms with Crippen molar-refractivity contribution in [2.24, 2.45) is 0 Å². The molecule has 0 saturated carbocycles. The second-order valence-electron chi connectivity index (χ2n) is 3.36. The molecule has 1 unspecified atom stereocenters. The molecule has 0 fully saturated rings. The predicted octanol–water partition coefficient (Wildman–Crippen LogP) is 3.58. The fourth-order valence-electron chi connectivity index (χ4n) is 1.41. The van der Waals surface area contributed by atoms with Gasteiger partial charge in [-0.05, 0) is 39.7 Å². The van der Waals surface area contributed by atoms with Crippen molar-refractivity contribution in [3.63, 3.8) is 0 Å². The Morgan fingerprint density at radius 1 is 1.25 bits per heavy atom. The van der Waals surface area contributed by atoms with E-state index in [1.807, 2.05) is 6.07 Å². The van der Waals surface area contributed by atoms with Crippen LogP contribution in [0, 0.1) is 0 Å². The molecule has 0 radical (unpaired) electrons. The average Bonchev–Trinajstić information content (AvgIpc) is 2.33. The number of aromatic nitrogens is 1. The second-order valence-corrected chi connectivity index (χ2v) is 4.62. The molecular formula is C12H9BrClNO. The quantitative estimate of drug-likeness (QED) is 0.919. The Labute approximate surface area is 107 Å². The smallest absolute Gasteiger partial charge is 0.106 e. The first-order chi connectivity index (χ1) is 7.68. The predicted molar refractivity (Wildman–Crippen MR) is 67.5 cm³/mol. The molecule has 2 aromatic rings. The van der Waals surface area contributed by atoms with Crippen LogP contribution in [0.25, 0.3) is 0 Å². The van der Waals surface area contributed by atoms with E-state index in [1.165, 1.54) is 0 Å². The summed E-state index contributed by atoms with van der Waals surface area (Å²) < 4.78 is 0.773. The van der Waals surface area contributed by atoms with Crippen molar-refractivity contribution in [2.45, 2.75) is 6.10 Å². The summed E-state index contributed by atoms with van der Waals surface area (Å²) in [6, 6.07) is 8.98. The minimum absolute atomic E-state index is 0.627. The summed E-state index contributed by atoms with van der Waals surface area (Å²) in [5.74, 6) is 0. The molecule has 1 heterocycles. The number of aliphatic hydroxyl groups is 1. The van der Waals surface area contributed by atoms with Crippen LogP contribution in [0.2, 0.25) is 5.02 Å². The van der Waals surface area contributed by atoms with Crippen LogP contribution in [0.4, 0.5) is 0 Å². The number of benzene rings is 1. The highest BCUT2D eigenvalue weighted by atomic mass is 79.9. The van der Waals surface area contributed by atoms with Crippen LogP contribution in [-0.4, -0.2) is 10.1 Å². The molecule has 1 aromatic carbocycles. The van der Waals surface area contributed by atoms with Gasteiger partial charge in [0.25, 0.3) is 0 Å². The topological polar surface area (TPSA) is 33.1 Å². The van der Waals surface area contributed by atoms with Crippen molar-refractivity contribution in [3.05, 3.63) is 63.3 Å². The molecule has 1 aromatic heterocycles. The number of hydrogen-bond donors (Lipinski definition) is 1. The highest BCUT2D eigenvalue weighted by Crippen LogP contribution is 2.28. The summed E-state index contributed by atoms with van der Waals surface area (Å²) in [5, 5.41) is 10.7. The van der Waals surface area contributed by atoms with Gasteiger partial charge in [0, 0.05) is 22.4 Å². The van der Waals surface area contributed by atoms with Crippen LogP contribution in [0.15, 0.2) is 47.2 Å². The van der Waals surface area contributed by atoms with Crippen molar-refractivity contribution < 1.29 is 5.11 Å². The second kappa shape index (κ2) is 4.95. The zero-order valence-corrected chi connectivity index (χ0v) is 10.6. The summed E-state index contributed by atoms with van der Waals surface area (Å²) in [6.07, 6.45) is 2.64. The maximum atomic E-state index is 10.1. The molecule has 0 spiro atoms. The average molecular weight is 299 g/mol. The molecule has 0 aliphatic carbocycles. The molecule has 2 nitrogen and oxygen atoms in total. The van der Waals surface area contributed by atoms with Gasteiger partial charge >= 0.3 is 0 Å². The Morgan fingerprint density at radius 2 is 2.06 bits per heavy atom. The highest BCUT2D eigenvalue weighted by Gasteiger charge is 2.11. The fourth-order valence-corrected chi connectivity index (χ4v) is 1.93. The lowest BCUT2D eigenvalue weighted by Gasteiger charge is -2.11. The van der Waals surface area contributed by atoms with Crippen molar-refractivity contribution in [2.75, 3.05) is 0 Å². The maximum absolute atomic E-state index is 10.1. The standard InChI is InChI=1S/C12H9BrClNO/c13-10-6-8(3-4-11(10)14)12(16)9-2-1-5-15-7-9/h1-7,12,16H. The number of nitrogens with zero attached hydrogens (tertiary/aromatic N) is 1. The van der Waals surface area contributed by atoms with E-state index in [0.717, 1.165) is 15.6 Å². The van der Waals surface area contributed by atoms with Crippen molar-refractivity contribution in [1.82, 2.24) is 4.98 Å². The molecule has 2 rings (SSSR count). The van der Waals surface area contributed by atoms with E-state index in [0.29, 0.717) is 5.02 Å². The third kappa shape index (κ3) is 2.43. The Hall–Kier alpha value is -0.900. The fraction of sp³-hybridized carbons (Fsp3) is 0.0833. The molecule has 82 valence electrons. The largest absolute Gasteiger partial charge is 0.384 e. The normalized spacial score (nSPS) is 12.4. The molecule has 0 amide bonds. The zero-order chi connectivity index (χ0) is 11.5. The van der Waals surface area contributed by atoms with E-state index < -0.39 is 6.10 Å². The van der Waals surface area contributed by atoms with Crippen LogP contribution in [0.1, 0.15) is 17.2 Å². The van der Waals surface area contributed by atoms with Gasteiger partial charge in [-0.2, -0.15) is 0 Å². The van der Waals surface area contributed by atoms with E-state index >= 15 is 0 Å². The molecular weight excluding hydrogens is 289 g/mol. The van der Waals surface area contributed by atoms with Crippen LogP contribution >= 0.6 is 27.5 Å². The number of pyridine rings is 1. The van der Waals surface area contributed by atoms with Gasteiger partial charge in [-0.25, -0.2) is 0 Å². The SMILES string of the molecule is OC(c1cccnc1)c1ccc(Cl)c(Br)c1. The number of aliphatic hydroxyl groups excluding tert-OH is 1. The van der Waals surface area contributed by atoms with Crippen LogP contribution in [-0.2, 0) is 0 Å². The van der Waals surface area contributed by atoms with E-state index in [-0.39, 0.29) is 0 Å². The first-order valence-electron chi connectivity index (χ1n) is 4.71. The van der Waals surface area contributed by atoms with Gasteiger partial charge in [-0.3, -0.25) is 4.98 Å². The molecule has 1 atom stereocenters. The molecule has 1 N–H and O–H groups in total. The van der Waals surface area contributed by atoms with E-state index in [2.05, 4.69) is 20.9 Å². The molecule has 4 heteroatoms. The maximum Gasteiger partial charge on any atom is 0.106 e. The van der Waals surface area contributed by atoms with Crippen molar-refractivity contribution in [3.8, 4) is 0 Å². The summed E-state index contributed by atoms with van der Waals surface area (Å²) in [4.78, 5) is 3.97. The lowest BCUT2D eigenvalue weighted by atomic mass is 10.0. The highest BCUT2D eigenvalue weighted by molar-refractivity contribution is 9.10. The number of halogens is 2. The number of hydrogen-bond acceptors (Lipinski definition) is 2. The molecule has 16 heavy (non-hydrogen) atoms. The summed E-state index contributed by atoms with van der Waals surface area (Å²) in [7, 11) is 0. The third-order valence-corrected chi connectivity index (χ3v) is 3.47. The first kappa shape index (κ1) is 11.6. The first-order valence-corrected chi connectivity index (χ1v) is 5.88. The van der Waals surface area contributed by atoms with Crippen LogP contribution < -0.4 is 0 Å². The van der Waals surface area contributed by atoms with Crippen LogP contribution in [0.5, 0.6) is 0 Å². The molecule has 0 saturated heterocycles. The van der Waals surface area contributed by atoms with Gasteiger partial charge < -0.3 is 5.11 Å². The third-order valence-electron chi connectivity index (χ3n) is 2.26. The van der Waals surface area contributed by atoms with Gasteiger partial charge in [-0.1, -0.05) is 23.7 Å². The summed E-state index contributed by atoms with van der Waals surface area (Å²) in [6.45, 7) is 0. The molecule has 0 aliphatic rings. The van der Waals surface area contributed by atoms with Crippen LogP contribution in [0.3, 0.4) is 0 Å². The molecule has 0 bridgehead atoms. The van der Waals surface area contributed by atoms with E-state index in [4.69, 9.17) is 11.6 Å². The minimum Gasteiger partial charge on any atom is -0.384 e. The zero-order valence-electron chi connectivity index (χ0n) is 8.27. The lowest BCUT2D eigenvalue weighted by molar-refractivity contribution is 0.220. The lowest BCUT2D eigenvalue weighted by Crippen LogP contribution is -1.99. The van der Waals surface area contributed by atoms with Gasteiger partial charge in [-0.15, -0.1) is 0 Å². The van der Waals surface area contributed by atoms with E-state index in [9.17, 15) is 5.11 Å². The number of rotatable bonds is 2. The van der Waals surface area contributed by atoms with Crippen molar-refractivity contribution >= 4 is 27.5 Å². The minimum atomic E-state index is -0.678. The van der Waals surface area contributed by atoms with Gasteiger partial charge in [0.2, 0.25) is 0 Å². The summed E-state index contributed by atoms with van der Waals surface area (Å²) in [5.41, 5.74) is 1.54. The van der Waals surface area contributed by atoms with Gasteiger partial charge in [0.1, 0.15) is 6.10 Å². The van der Waals surface area contributed by atoms with Gasteiger partial charge in [0.05, 0.1) is 5.02 Å². The molecule has 0 aliphatic heterocycles. The Kier molecular flexibility index (Phi) is 3.59. The Morgan fingerprint density at radius 3 is 2.69 bits per heavy atom. The van der Waals surface area contributed by atoms with Gasteiger partial charge in [0.15, 0.2) is 0 Å². The Bertz CT molecular complexity index is 490. The van der Waals surface area contributed by atoms with E-state index in [1.54, 1.807) is 36.7 Å².